The minimum Gasteiger partial charge on any atom is -0.399 e. The normalized spacial score (nSPS) is 18.7. The van der Waals surface area contributed by atoms with Crippen LogP contribution in [-0.4, -0.2) is 35.7 Å². The molecule has 0 N–H and O–H groups in total. The van der Waals surface area contributed by atoms with Crippen LogP contribution in [0.25, 0.3) is 10.9 Å². The van der Waals surface area contributed by atoms with Gasteiger partial charge in [-0.3, -0.25) is 4.98 Å². The van der Waals surface area contributed by atoms with Crippen molar-refractivity contribution in [2.45, 2.75) is 50.7 Å². The van der Waals surface area contributed by atoms with Gasteiger partial charge in [-0.15, -0.1) is 0 Å². The lowest BCUT2D eigenvalue weighted by Crippen LogP contribution is -2.41. The van der Waals surface area contributed by atoms with E-state index in [0.717, 1.165) is 10.9 Å². The first kappa shape index (κ1) is 19.2. The van der Waals surface area contributed by atoms with Gasteiger partial charge in [0.2, 0.25) is 0 Å². The molecule has 0 spiro atoms. The lowest BCUT2D eigenvalue weighted by atomic mass is 9.78. The van der Waals surface area contributed by atoms with Gasteiger partial charge in [-0.1, -0.05) is 17.7 Å². The van der Waals surface area contributed by atoms with Crippen molar-refractivity contribution in [2.75, 3.05) is 0 Å². The van der Waals surface area contributed by atoms with Crippen LogP contribution in [0.1, 0.15) is 33.3 Å². The second-order valence-electron chi connectivity index (χ2n) is 8.18. The van der Waals surface area contributed by atoms with Gasteiger partial charge >= 0.3 is 7.12 Å². The molecule has 0 atom stereocenters. The molecule has 0 amide bonds. The standard InChI is InChI=1S/C20H23BN2O4S/c1-14-6-8-15(9-7-14)28(24,25)23-11-10-16-17(12-22-13-18(16)23)21-26-19(2,3)20(4,5)27-21/h6-13H,1-5H3. The maximum atomic E-state index is 13.1. The molecule has 0 unspecified atom stereocenters. The van der Waals surface area contributed by atoms with E-state index in [4.69, 9.17) is 9.31 Å². The third-order valence-electron chi connectivity index (χ3n) is 5.70. The van der Waals surface area contributed by atoms with Crippen LogP contribution >= 0.6 is 0 Å². The molecule has 1 fully saturated rings. The van der Waals surface area contributed by atoms with Crippen molar-refractivity contribution in [3.05, 3.63) is 54.5 Å². The first-order valence-corrected chi connectivity index (χ1v) is 10.6. The summed E-state index contributed by atoms with van der Waals surface area (Å²) in [4.78, 5) is 4.49. The second-order valence-corrected chi connectivity index (χ2v) is 9.99. The van der Waals surface area contributed by atoms with Gasteiger partial charge in [0.05, 0.1) is 27.8 Å². The molecule has 1 aliphatic rings. The number of pyridine rings is 1. The third kappa shape index (κ3) is 2.87. The number of fused-ring (bicyclic) bond motifs is 1. The molecular formula is C20H23BN2O4S. The van der Waals surface area contributed by atoms with Gasteiger partial charge < -0.3 is 9.31 Å². The molecule has 0 saturated carbocycles. The predicted molar refractivity (Wildman–Crippen MR) is 109 cm³/mol. The van der Waals surface area contributed by atoms with Crippen molar-refractivity contribution in [2.24, 2.45) is 0 Å². The predicted octanol–water partition coefficient (Wildman–Crippen LogP) is 2.88. The smallest absolute Gasteiger partial charge is 0.399 e. The zero-order chi connectivity index (χ0) is 20.3. The number of aromatic nitrogens is 2. The van der Waals surface area contributed by atoms with E-state index in [1.54, 1.807) is 48.9 Å². The Labute approximate surface area is 165 Å². The number of rotatable bonds is 3. The molecule has 1 saturated heterocycles. The Bertz CT molecular complexity index is 1130. The van der Waals surface area contributed by atoms with Gasteiger partial charge in [0.1, 0.15) is 0 Å². The Kier molecular flexibility index (Phi) is 4.23. The molecule has 4 rings (SSSR count). The summed E-state index contributed by atoms with van der Waals surface area (Å²) >= 11 is 0. The lowest BCUT2D eigenvalue weighted by Gasteiger charge is -2.32. The van der Waals surface area contributed by atoms with Crippen molar-refractivity contribution >= 4 is 33.5 Å². The Hall–Kier alpha value is -2.16. The van der Waals surface area contributed by atoms with Gasteiger partial charge in [-0.25, -0.2) is 12.4 Å². The Morgan fingerprint density at radius 2 is 1.57 bits per heavy atom. The van der Waals surface area contributed by atoms with E-state index in [9.17, 15) is 8.42 Å². The minimum absolute atomic E-state index is 0.233. The quantitative estimate of drug-likeness (QED) is 0.635. The average molecular weight is 398 g/mol. The summed E-state index contributed by atoms with van der Waals surface area (Å²) in [5.74, 6) is 0. The maximum absolute atomic E-state index is 13.1. The Morgan fingerprint density at radius 3 is 2.18 bits per heavy atom. The van der Waals surface area contributed by atoms with Crippen LogP contribution in [0.2, 0.25) is 0 Å². The molecule has 0 radical (unpaired) electrons. The molecule has 6 nitrogen and oxygen atoms in total. The van der Waals surface area contributed by atoms with Crippen LogP contribution in [0.5, 0.6) is 0 Å². The van der Waals surface area contributed by atoms with E-state index in [1.807, 2.05) is 34.6 Å². The number of hydrogen-bond donors (Lipinski definition) is 0. The van der Waals surface area contributed by atoms with Crippen LogP contribution in [0.15, 0.2) is 53.8 Å². The highest BCUT2D eigenvalue weighted by molar-refractivity contribution is 7.90. The number of hydrogen-bond acceptors (Lipinski definition) is 5. The van der Waals surface area contributed by atoms with E-state index in [-0.39, 0.29) is 4.90 Å². The van der Waals surface area contributed by atoms with Crippen LogP contribution in [0.3, 0.4) is 0 Å². The van der Waals surface area contributed by atoms with E-state index in [2.05, 4.69) is 4.98 Å². The first-order chi connectivity index (χ1) is 13.0. The number of nitrogens with zero attached hydrogens (tertiary/aromatic N) is 2. The largest absolute Gasteiger partial charge is 0.497 e. The van der Waals surface area contributed by atoms with E-state index in [1.165, 1.54) is 3.97 Å². The van der Waals surface area contributed by atoms with Gasteiger partial charge in [0.25, 0.3) is 10.0 Å². The molecule has 0 bridgehead atoms. The SMILES string of the molecule is Cc1ccc(S(=O)(=O)n2ccc3c(B4OC(C)(C)C(C)(C)O4)cncc32)cc1. The maximum Gasteiger partial charge on any atom is 0.497 e. The highest BCUT2D eigenvalue weighted by Gasteiger charge is 2.52. The molecular weight excluding hydrogens is 375 g/mol. The lowest BCUT2D eigenvalue weighted by molar-refractivity contribution is 0.00578. The molecule has 28 heavy (non-hydrogen) atoms. The average Bonchev–Trinajstić information content (AvgIpc) is 3.14. The molecule has 8 heteroatoms. The molecule has 1 aromatic carbocycles. The summed E-state index contributed by atoms with van der Waals surface area (Å²) in [6.07, 6.45) is 4.78. The summed E-state index contributed by atoms with van der Waals surface area (Å²) in [6, 6.07) is 8.56. The topological polar surface area (TPSA) is 70.4 Å². The number of aryl methyl sites for hydroxylation is 1. The summed E-state index contributed by atoms with van der Waals surface area (Å²) in [6.45, 7) is 9.84. The van der Waals surface area contributed by atoms with Gasteiger partial charge in [-0.05, 0) is 52.8 Å². The summed E-state index contributed by atoms with van der Waals surface area (Å²) in [7, 11) is -4.34. The summed E-state index contributed by atoms with van der Waals surface area (Å²) < 4.78 is 39.8. The summed E-state index contributed by atoms with van der Waals surface area (Å²) in [5, 5.41) is 0.740. The number of benzene rings is 1. The summed E-state index contributed by atoms with van der Waals surface area (Å²) in [5.41, 5.74) is 1.23. The van der Waals surface area contributed by atoms with Gasteiger partial charge in [0.15, 0.2) is 0 Å². The highest BCUT2D eigenvalue weighted by atomic mass is 32.2. The Balaban J connectivity index is 1.81. The molecule has 0 aliphatic carbocycles. The van der Waals surface area contributed by atoms with E-state index < -0.39 is 28.3 Å². The zero-order valence-corrected chi connectivity index (χ0v) is 17.4. The fraction of sp³-hybridized carbons (Fsp3) is 0.350. The van der Waals surface area contributed by atoms with E-state index in [0.29, 0.717) is 11.0 Å². The van der Waals surface area contributed by atoms with Crippen molar-refractivity contribution < 1.29 is 17.7 Å². The second kappa shape index (κ2) is 6.17. The molecule has 1 aliphatic heterocycles. The fourth-order valence-electron chi connectivity index (χ4n) is 3.25. The van der Waals surface area contributed by atoms with Crippen molar-refractivity contribution in [1.29, 1.82) is 0 Å². The molecule has 3 heterocycles. The van der Waals surface area contributed by atoms with Crippen LogP contribution in [0.4, 0.5) is 0 Å². The van der Waals surface area contributed by atoms with Crippen molar-refractivity contribution in [3.63, 3.8) is 0 Å². The fourth-order valence-corrected chi connectivity index (χ4v) is 4.58. The van der Waals surface area contributed by atoms with Crippen LogP contribution < -0.4 is 5.46 Å². The third-order valence-corrected chi connectivity index (χ3v) is 7.40. The molecule has 2 aromatic heterocycles. The van der Waals surface area contributed by atoms with Crippen molar-refractivity contribution in [3.8, 4) is 0 Å². The van der Waals surface area contributed by atoms with Gasteiger partial charge in [0, 0.05) is 23.2 Å². The monoisotopic (exact) mass is 398 g/mol. The highest BCUT2D eigenvalue weighted by Crippen LogP contribution is 2.37. The minimum atomic E-state index is -3.73. The first-order valence-electron chi connectivity index (χ1n) is 9.16. The molecule has 3 aromatic rings. The Morgan fingerprint density at radius 1 is 0.964 bits per heavy atom. The van der Waals surface area contributed by atoms with E-state index >= 15 is 0 Å². The van der Waals surface area contributed by atoms with Gasteiger partial charge in [-0.2, -0.15) is 0 Å². The van der Waals surface area contributed by atoms with Crippen molar-refractivity contribution in [1.82, 2.24) is 8.96 Å². The zero-order valence-electron chi connectivity index (χ0n) is 16.6. The molecule has 146 valence electrons. The van der Waals surface area contributed by atoms with Crippen LogP contribution in [0, 0.1) is 6.92 Å². The van der Waals surface area contributed by atoms with Crippen LogP contribution in [-0.2, 0) is 19.3 Å².